The number of β-amino-alcohol motifs (C(OH)–C–C–N with tert-alkyl or cyclic N) is 1. The van der Waals surface area contributed by atoms with Crippen LogP contribution in [0, 0.1) is 26.9 Å². The maximum Gasteiger partial charge on any atom is 0.254 e. The molecule has 2 aromatic rings. The minimum absolute atomic E-state index is 0.0214. The molecule has 2 unspecified atom stereocenters. The number of carbonyl (C=O) groups excluding carboxylic acids is 1. The Balaban J connectivity index is 1.57. The van der Waals surface area contributed by atoms with Gasteiger partial charge in [-0.05, 0) is 65.3 Å². The Labute approximate surface area is 192 Å². The van der Waals surface area contributed by atoms with Crippen molar-refractivity contribution in [2.75, 3.05) is 13.1 Å². The van der Waals surface area contributed by atoms with Gasteiger partial charge in [0.25, 0.3) is 5.91 Å². The lowest BCUT2D eigenvalue weighted by Crippen LogP contribution is -2.69. The van der Waals surface area contributed by atoms with Crippen LogP contribution in [0.5, 0.6) is 0 Å². The molecule has 0 aromatic heterocycles. The number of benzene rings is 2. The zero-order valence-corrected chi connectivity index (χ0v) is 19.0. The van der Waals surface area contributed by atoms with Gasteiger partial charge in [0.2, 0.25) is 0 Å². The van der Waals surface area contributed by atoms with E-state index in [9.17, 15) is 23.1 Å². The van der Waals surface area contributed by atoms with E-state index in [2.05, 4.69) is 0 Å². The molecule has 1 saturated carbocycles. The normalized spacial score (nSPS) is 22.8. The molecule has 3 N–H and O–H groups in total. The Morgan fingerprint density at radius 3 is 2.52 bits per heavy atom. The molecule has 2 aromatic carbocycles. The van der Waals surface area contributed by atoms with Gasteiger partial charge in [-0.15, -0.1) is 0 Å². The third-order valence-electron chi connectivity index (χ3n) is 6.53. The number of hydrogen-bond acceptors (Lipinski definition) is 3. The van der Waals surface area contributed by atoms with Gasteiger partial charge in [0.1, 0.15) is 11.4 Å². The molecule has 1 aliphatic carbocycles. The molecule has 1 aliphatic heterocycles. The molecule has 0 spiro atoms. The molecular weight excluding hydrogens is 520 g/mol. The van der Waals surface area contributed by atoms with Crippen LogP contribution in [0.4, 0.5) is 13.2 Å². The molecule has 1 amide bonds. The van der Waals surface area contributed by atoms with Crippen LogP contribution in [0.25, 0.3) is 0 Å². The van der Waals surface area contributed by atoms with Gasteiger partial charge in [-0.1, -0.05) is 18.9 Å². The SMILES string of the molecule is NC1CCCCC1C1(O)CN(C(=O)c2ccc(F)c(F)c2Cc2ccc(I)cc2F)C1. The molecular formula is C23H24F3IN2O2. The number of nitrogens with zero attached hydrogens (tertiary/aromatic N) is 1. The van der Waals surface area contributed by atoms with Crippen molar-refractivity contribution in [1.82, 2.24) is 4.90 Å². The van der Waals surface area contributed by atoms with Gasteiger partial charge in [0, 0.05) is 33.1 Å². The molecule has 0 bridgehead atoms. The van der Waals surface area contributed by atoms with Gasteiger partial charge >= 0.3 is 0 Å². The number of halogens is 4. The van der Waals surface area contributed by atoms with E-state index < -0.39 is 29.0 Å². The van der Waals surface area contributed by atoms with Crippen LogP contribution in [0.15, 0.2) is 30.3 Å². The summed E-state index contributed by atoms with van der Waals surface area (Å²) in [7, 11) is 0. The Morgan fingerprint density at radius 1 is 1.13 bits per heavy atom. The summed E-state index contributed by atoms with van der Waals surface area (Å²) in [5, 5.41) is 11.0. The van der Waals surface area contributed by atoms with E-state index >= 15 is 0 Å². The molecule has 2 fully saturated rings. The monoisotopic (exact) mass is 544 g/mol. The standard InChI is InChI=1S/C23H24F3IN2O2/c24-18-8-7-15(16(21(18)26)9-13-5-6-14(27)10-19(13)25)22(30)29-11-23(31,12-29)17-3-1-2-4-20(17)28/h5-8,10,17,20,31H,1-4,9,11-12,28H2. The highest BCUT2D eigenvalue weighted by molar-refractivity contribution is 14.1. The van der Waals surface area contributed by atoms with Crippen molar-refractivity contribution in [3.8, 4) is 0 Å². The molecule has 1 saturated heterocycles. The van der Waals surface area contributed by atoms with Crippen molar-refractivity contribution in [3.63, 3.8) is 0 Å². The maximum absolute atomic E-state index is 14.7. The summed E-state index contributed by atoms with van der Waals surface area (Å²) in [5.41, 5.74) is 5.10. The lowest BCUT2D eigenvalue weighted by molar-refractivity contribution is -0.131. The van der Waals surface area contributed by atoms with E-state index in [1.807, 2.05) is 22.6 Å². The summed E-state index contributed by atoms with van der Waals surface area (Å²) >= 11 is 1.96. The molecule has 2 aliphatic rings. The smallest absolute Gasteiger partial charge is 0.254 e. The molecule has 1 heterocycles. The molecule has 2 atom stereocenters. The average molecular weight is 544 g/mol. The fourth-order valence-corrected chi connectivity index (χ4v) is 5.26. The number of nitrogens with two attached hydrogens (primary N) is 1. The average Bonchev–Trinajstić information content (AvgIpc) is 2.71. The lowest BCUT2D eigenvalue weighted by atomic mass is 9.70. The van der Waals surface area contributed by atoms with Crippen molar-refractivity contribution in [3.05, 3.63) is 68.0 Å². The number of rotatable bonds is 4. The first-order valence-corrected chi connectivity index (χ1v) is 11.5. The fourth-order valence-electron chi connectivity index (χ4n) is 4.81. The predicted octanol–water partition coefficient (Wildman–Crippen LogP) is 4.00. The van der Waals surface area contributed by atoms with Crippen LogP contribution in [0.1, 0.15) is 47.2 Å². The Bertz CT molecular complexity index is 1010. The summed E-state index contributed by atoms with van der Waals surface area (Å²) in [6.45, 7) is 0.195. The molecule has 4 nitrogen and oxygen atoms in total. The van der Waals surface area contributed by atoms with Crippen LogP contribution in [-0.2, 0) is 6.42 Å². The first-order chi connectivity index (χ1) is 14.7. The van der Waals surface area contributed by atoms with Crippen LogP contribution in [0.2, 0.25) is 0 Å². The van der Waals surface area contributed by atoms with Gasteiger partial charge in [0.15, 0.2) is 11.6 Å². The van der Waals surface area contributed by atoms with Gasteiger partial charge in [0.05, 0.1) is 13.1 Å². The summed E-state index contributed by atoms with van der Waals surface area (Å²) in [5.74, 6) is -3.39. The number of likely N-dealkylation sites (tertiary alicyclic amines) is 1. The molecule has 8 heteroatoms. The number of amides is 1. The topological polar surface area (TPSA) is 66.6 Å². The third-order valence-corrected chi connectivity index (χ3v) is 7.21. The summed E-state index contributed by atoms with van der Waals surface area (Å²) in [4.78, 5) is 14.5. The first-order valence-electron chi connectivity index (χ1n) is 10.4. The van der Waals surface area contributed by atoms with Crippen LogP contribution in [0.3, 0.4) is 0 Å². The van der Waals surface area contributed by atoms with Gasteiger partial charge in [-0.3, -0.25) is 4.79 Å². The van der Waals surface area contributed by atoms with Crippen LogP contribution >= 0.6 is 22.6 Å². The molecule has 4 rings (SSSR count). The van der Waals surface area contributed by atoms with Crippen molar-refractivity contribution in [2.24, 2.45) is 11.7 Å². The first kappa shape index (κ1) is 22.5. The van der Waals surface area contributed by atoms with E-state index in [0.717, 1.165) is 31.7 Å². The predicted molar refractivity (Wildman–Crippen MR) is 119 cm³/mol. The van der Waals surface area contributed by atoms with Crippen molar-refractivity contribution < 1.29 is 23.1 Å². The summed E-state index contributed by atoms with van der Waals surface area (Å²) in [6.07, 6.45) is 3.42. The third kappa shape index (κ3) is 4.34. The second-order valence-corrected chi connectivity index (χ2v) is 9.87. The lowest BCUT2D eigenvalue weighted by Gasteiger charge is -2.53. The van der Waals surface area contributed by atoms with Crippen molar-refractivity contribution in [2.45, 2.75) is 43.7 Å². The van der Waals surface area contributed by atoms with E-state index in [1.165, 1.54) is 23.1 Å². The quantitative estimate of drug-likeness (QED) is 0.573. The number of aliphatic hydroxyl groups is 1. The Hall–Kier alpha value is -1.65. The molecule has 166 valence electrons. The van der Waals surface area contributed by atoms with E-state index in [0.29, 0.717) is 3.57 Å². The van der Waals surface area contributed by atoms with E-state index in [-0.39, 0.29) is 48.2 Å². The Kier molecular flexibility index (Phi) is 6.33. The van der Waals surface area contributed by atoms with Crippen molar-refractivity contribution >= 4 is 28.5 Å². The minimum Gasteiger partial charge on any atom is -0.386 e. The molecule has 0 radical (unpaired) electrons. The van der Waals surface area contributed by atoms with Gasteiger partial charge in [-0.2, -0.15) is 0 Å². The zero-order valence-electron chi connectivity index (χ0n) is 16.9. The highest BCUT2D eigenvalue weighted by Gasteiger charge is 2.51. The van der Waals surface area contributed by atoms with Gasteiger partial charge < -0.3 is 15.7 Å². The van der Waals surface area contributed by atoms with Crippen LogP contribution in [-0.4, -0.2) is 40.6 Å². The van der Waals surface area contributed by atoms with Gasteiger partial charge in [-0.25, -0.2) is 13.2 Å². The number of hydrogen-bond donors (Lipinski definition) is 2. The minimum atomic E-state index is -1.16. The van der Waals surface area contributed by atoms with Crippen molar-refractivity contribution in [1.29, 1.82) is 0 Å². The summed E-state index contributed by atoms with van der Waals surface area (Å²) < 4.78 is 43.6. The highest BCUT2D eigenvalue weighted by Crippen LogP contribution is 2.39. The van der Waals surface area contributed by atoms with Crippen LogP contribution < -0.4 is 5.73 Å². The van der Waals surface area contributed by atoms with E-state index in [4.69, 9.17) is 5.73 Å². The second-order valence-electron chi connectivity index (χ2n) is 8.62. The maximum atomic E-state index is 14.7. The Morgan fingerprint density at radius 2 is 1.84 bits per heavy atom. The largest absolute Gasteiger partial charge is 0.386 e. The highest BCUT2D eigenvalue weighted by atomic mass is 127. The number of carbonyl (C=O) groups is 1. The molecule has 31 heavy (non-hydrogen) atoms. The van der Waals surface area contributed by atoms with E-state index in [1.54, 1.807) is 6.07 Å². The fraction of sp³-hybridized carbons (Fsp3) is 0.435. The second kappa shape index (κ2) is 8.71. The zero-order chi connectivity index (χ0) is 22.3. The summed E-state index contributed by atoms with van der Waals surface area (Å²) in [6, 6.07) is 6.49.